The molecular weight excluding hydrogens is 545 g/mol. The van der Waals surface area contributed by atoms with Crippen molar-refractivity contribution < 1.29 is 23.5 Å². The van der Waals surface area contributed by atoms with E-state index in [4.69, 9.17) is 4.74 Å². The van der Waals surface area contributed by atoms with Crippen LogP contribution in [0.15, 0.2) is 65.9 Å². The zero-order valence-corrected chi connectivity index (χ0v) is 23.3. The number of hydrazone groups is 1. The van der Waals surface area contributed by atoms with Crippen molar-refractivity contribution >= 4 is 40.3 Å². The van der Waals surface area contributed by atoms with Gasteiger partial charge in [0.25, 0.3) is 0 Å². The minimum absolute atomic E-state index is 0.198. The second-order valence-electron chi connectivity index (χ2n) is 9.65. The van der Waals surface area contributed by atoms with Crippen LogP contribution in [0.25, 0.3) is 16.9 Å². The predicted molar refractivity (Wildman–Crippen MR) is 155 cm³/mol. The van der Waals surface area contributed by atoms with Crippen LogP contribution in [0.2, 0.25) is 0 Å². The zero-order chi connectivity index (χ0) is 28.9. The third-order valence-electron chi connectivity index (χ3n) is 6.68. The highest BCUT2D eigenvalue weighted by Gasteiger charge is 2.30. The monoisotopic (exact) mass is 573 g/mol. The number of carbonyl (C=O) groups is 3. The molecule has 2 aromatic carbocycles. The molecule has 4 aromatic rings. The van der Waals surface area contributed by atoms with Gasteiger partial charge in [-0.1, -0.05) is 25.1 Å². The topological polar surface area (TPSA) is 115 Å². The summed E-state index contributed by atoms with van der Waals surface area (Å²) in [5.74, 6) is -2.40. The van der Waals surface area contributed by atoms with Crippen molar-refractivity contribution in [3.8, 4) is 16.9 Å². The third-order valence-corrected chi connectivity index (χ3v) is 7.84. The standard InChI is InChI=1S/C30H28FN5O4S/c1-3-40-30(39)25-23-14-9-18(2)15-24(23)41-29(25)33-27(37)28(38)34-32-16-20-17-36(22-7-5-4-6-8-22)35-26(20)19-10-12-21(31)13-11-19/h4-8,10-13,16-18H,3,9,14-15H2,1-2H3,(H,33,37)(H,34,38)/b32-16+. The molecular formula is C30H28FN5O4S. The fraction of sp³-hybridized carbons (Fsp3) is 0.233. The summed E-state index contributed by atoms with van der Waals surface area (Å²) < 4.78 is 20.4. The number of hydrogen-bond donors (Lipinski definition) is 2. The molecule has 41 heavy (non-hydrogen) atoms. The van der Waals surface area contributed by atoms with Gasteiger partial charge in [0.15, 0.2) is 0 Å². The van der Waals surface area contributed by atoms with Gasteiger partial charge in [0, 0.05) is 22.2 Å². The molecule has 1 unspecified atom stereocenters. The van der Waals surface area contributed by atoms with E-state index in [9.17, 15) is 18.8 Å². The molecule has 1 aliphatic carbocycles. The van der Waals surface area contributed by atoms with Gasteiger partial charge >= 0.3 is 17.8 Å². The van der Waals surface area contributed by atoms with Crippen LogP contribution in [0.1, 0.15) is 46.6 Å². The quantitative estimate of drug-likeness (QED) is 0.138. The van der Waals surface area contributed by atoms with Crippen LogP contribution < -0.4 is 10.7 Å². The van der Waals surface area contributed by atoms with Crippen LogP contribution in [-0.2, 0) is 27.2 Å². The number of ether oxygens (including phenoxy) is 1. The Labute approximate surface area is 240 Å². The SMILES string of the molecule is CCOC(=O)c1c(NC(=O)C(=O)N/N=C/c2cn(-c3ccccc3)nc2-c2ccc(F)cc2)sc2c1CCC(C)C2. The Morgan fingerprint density at radius 3 is 2.63 bits per heavy atom. The Balaban J connectivity index is 1.34. The van der Waals surface area contributed by atoms with E-state index < -0.39 is 17.8 Å². The second kappa shape index (κ2) is 12.3. The van der Waals surface area contributed by atoms with Crippen molar-refractivity contribution in [2.75, 3.05) is 11.9 Å². The summed E-state index contributed by atoms with van der Waals surface area (Å²) in [6.45, 7) is 4.05. The molecule has 210 valence electrons. The number of para-hydroxylation sites is 1. The van der Waals surface area contributed by atoms with Gasteiger partial charge in [-0.05, 0) is 74.1 Å². The van der Waals surface area contributed by atoms with E-state index in [1.807, 2.05) is 30.3 Å². The van der Waals surface area contributed by atoms with E-state index in [1.54, 1.807) is 29.9 Å². The Bertz CT molecular complexity index is 1610. The average Bonchev–Trinajstić information content (AvgIpc) is 3.55. The van der Waals surface area contributed by atoms with Crippen molar-refractivity contribution in [3.05, 3.63) is 88.2 Å². The first-order valence-corrected chi connectivity index (χ1v) is 14.0. The van der Waals surface area contributed by atoms with Gasteiger partial charge in [-0.2, -0.15) is 10.2 Å². The van der Waals surface area contributed by atoms with E-state index in [0.29, 0.717) is 39.7 Å². The number of fused-ring (bicyclic) bond motifs is 1. The number of aromatic nitrogens is 2. The number of halogens is 1. The molecule has 5 rings (SSSR count). The lowest BCUT2D eigenvalue weighted by Gasteiger charge is -2.18. The van der Waals surface area contributed by atoms with Gasteiger partial charge in [0.05, 0.1) is 24.1 Å². The number of esters is 1. The smallest absolute Gasteiger partial charge is 0.341 e. The van der Waals surface area contributed by atoms with Crippen molar-refractivity contribution in [2.45, 2.75) is 33.1 Å². The fourth-order valence-corrected chi connectivity index (χ4v) is 6.05. The molecule has 0 aliphatic heterocycles. The van der Waals surface area contributed by atoms with E-state index >= 15 is 0 Å². The average molecular weight is 574 g/mol. The summed E-state index contributed by atoms with van der Waals surface area (Å²) >= 11 is 1.30. The lowest BCUT2D eigenvalue weighted by Crippen LogP contribution is -2.32. The molecule has 2 N–H and O–H groups in total. The number of carbonyl (C=O) groups excluding carboxylic acids is 3. The molecule has 9 nitrogen and oxygen atoms in total. The number of anilines is 1. The molecule has 1 aliphatic rings. The van der Waals surface area contributed by atoms with E-state index in [0.717, 1.165) is 29.0 Å². The highest BCUT2D eigenvalue weighted by Crippen LogP contribution is 2.40. The first-order chi connectivity index (χ1) is 19.8. The minimum atomic E-state index is -1.01. The maximum Gasteiger partial charge on any atom is 0.341 e. The number of hydrogen-bond acceptors (Lipinski definition) is 7. The van der Waals surface area contributed by atoms with E-state index in [-0.39, 0.29) is 12.4 Å². The summed E-state index contributed by atoms with van der Waals surface area (Å²) in [5, 5.41) is 11.5. The number of thiophene rings is 1. The van der Waals surface area contributed by atoms with Crippen LogP contribution >= 0.6 is 11.3 Å². The van der Waals surface area contributed by atoms with Crippen LogP contribution in [0.5, 0.6) is 0 Å². The molecule has 0 spiro atoms. The number of rotatable bonds is 7. The first-order valence-electron chi connectivity index (χ1n) is 13.2. The van der Waals surface area contributed by atoms with Crippen LogP contribution in [0.3, 0.4) is 0 Å². The number of nitrogens with one attached hydrogen (secondary N) is 2. The maximum atomic E-state index is 13.5. The number of amides is 2. The fourth-order valence-electron chi connectivity index (χ4n) is 4.66. The molecule has 0 radical (unpaired) electrons. The highest BCUT2D eigenvalue weighted by molar-refractivity contribution is 7.17. The van der Waals surface area contributed by atoms with Gasteiger partial charge in [0.1, 0.15) is 16.5 Å². The van der Waals surface area contributed by atoms with Gasteiger partial charge in [-0.3, -0.25) is 9.59 Å². The Morgan fingerprint density at radius 1 is 1.15 bits per heavy atom. The van der Waals surface area contributed by atoms with Gasteiger partial charge in [-0.25, -0.2) is 19.3 Å². The van der Waals surface area contributed by atoms with Crippen molar-refractivity contribution in [1.29, 1.82) is 0 Å². The minimum Gasteiger partial charge on any atom is -0.462 e. The lowest BCUT2D eigenvalue weighted by molar-refractivity contribution is -0.136. The molecule has 0 bridgehead atoms. The van der Waals surface area contributed by atoms with Crippen molar-refractivity contribution in [3.63, 3.8) is 0 Å². The first kappa shape index (κ1) is 27.9. The molecule has 1 atom stereocenters. The Kier molecular flexibility index (Phi) is 8.34. The summed E-state index contributed by atoms with van der Waals surface area (Å²) in [6.07, 6.45) is 5.52. The molecule has 2 heterocycles. The summed E-state index contributed by atoms with van der Waals surface area (Å²) in [5.41, 5.74) is 5.92. The van der Waals surface area contributed by atoms with E-state index in [1.165, 1.54) is 29.7 Å². The molecule has 11 heteroatoms. The van der Waals surface area contributed by atoms with Gasteiger partial charge < -0.3 is 10.1 Å². The Hall–Kier alpha value is -4.64. The maximum absolute atomic E-state index is 13.5. The van der Waals surface area contributed by atoms with Crippen LogP contribution in [0, 0.1) is 11.7 Å². The van der Waals surface area contributed by atoms with Crippen molar-refractivity contribution in [1.82, 2.24) is 15.2 Å². The van der Waals surface area contributed by atoms with Crippen molar-refractivity contribution in [2.24, 2.45) is 11.0 Å². The third kappa shape index (κ3) is 6.25. The largest absolute Gasteiger partial charge is 0.462 e. The second-order valence-corrected chi connectivity index (χ2v) is 10.8. The zero-order valence-electron chi connectivity index (χ0n) is 22.5. The molecule has 0 saturated carbocycles. The number of nitrogens with zero attached hydrogens (tertiary/aromatic N) is 3. The normalized spacial score (nSPS) is 14.5. The van der Waals surface area contributed by atoms with Crippen LogP contribution in [0.4, 0.5) is 9.39 Å². The highest BCUT2D eigenvalue weighted by atomic mass is 32.1. The lowest BCUT2D eigenvalue weighted by atomic mass is 9.88. The molecule has 0 saturated heterocycles. The predicted octanol–water partition coefficient (Wildman–Crippen LogP) is 5.13. The van der Waals surface area contributed by atoms with Gasteiger partial charge in [0.2, 0.25) is 0 Å². The molecule has 2 aromatic heterocycles. The molecule has 2 amide bonds. The van der Waals surface area contributed by atoms with Gasteiger partial charge in [-0.15, -0.1) is 11.3 Å². The van der Waals surface area contributed by atoms with Crippen LogP contribution in [-0.4, -0.2) is 40.4 Å². The summed E-state index contributed by atoms with van der Waals surface area (Å²) in [6, 6.07) is 15.2. The number of benzene rings is 2. The Morgan fingerprint density at radius 2 is 1.90 bits per heavy atom. The summed E-state index contributed by atoms with van der Waals surface area (Å²) in [4.78, 5) is 39.2. The molecule has 0 fully saturated rings. The summed E-state index contributed by atoms with van der Waals surface area (Å²) in [7, 11) is 0. The van der Waals surface area contributed by atoms with E-state index in [2.05, 4.69) is 27.9 Å².